The van der Waals surface area contributed by atoms with E-state index in [0.29, 0.717) is 5.69 Å². The molecule has 0 spiro atoms. The Morgan fingerprint density at radius 2 is 2.55 bits per heavy atom. The summed E-state index contributed by atoms with van der Waals surface area (Å²) in [6.07, 6.45) is 3.99. The van der Waals surface area contributed by atoms with E-state index in [-0.39, 0.29) is 0 Å². The molecule has 0 aliphatic rings. The summed E-state index contributed by atoms with van der Waals surface area (Å²) < 4.78 is 0. The van der Waals surface area contributed by atoms with E-state index in [1.54, 1.807) is 6.20 Å². The summed E-state index contributed by atoms with van der Waals surface area (Å²) in [5.41, 5.74) is 1.88. The molecule has 0 aliphatic heterocycles. The van der Waals surface area contributed by atoms with E-state index >= 15 is 0 Å². The first-order valence-electron chi connectivity index (χ1n) is 3.49. The average molecular weight is 150 g/mol. The van der Waals surface area contributed by atoms with Crippen molar-refractivity contribution in [3.05, 3.63) is 29.6 Å². The van der Waals surface area contributed by atoms with Gasteiger partial charge in [-0.3, -0.25) is 4.98 Å². The minimum absolute atomic E-state index is 0.687. The number of hydrogen-bond acceptors (Lipinski definition) is 3. The summed E-state index contributed by atoms with van der Waals surface area (Å²) in [4.78, 5) is 3.97. The number of aromatic nitrogens is 1. The maximum absolute atomic E-state index is 8.21. The molecule has 0 radical (unpaired) electrons. The first-order chi connectivity index (χ1) is 5.36. The zero-order valence-corrected chi connectivity index (χ0v) is 6.36. The van der Waals surface area contributed by atoms with Crippen LogP contribution in [0.1, 0.15) is 18.2 Å². The highest BCUT2D eigenvalue weighted by atomic mass is 16.4. The second-order valence-electron chi connectivity index (χ2n) is 2.19. The minimum atomic E-state index is 0.687. The number of oxime groups is 1. The van der Waals surface area contributed by atoms with Crippen molar-refractivity contribution in [3.8, 4) is 0 Å². The molecule has 0 amide bonds. The summed E-state index contributed by atoms with van der Waals surface area (Å²) in [5.74, 6) is 0. The molecule has 1 rings (SSSR count). The standard InChI is InChI=1S/C8H10N2O/c1-2-7-3-4-9-8(5-7)6-10-11/h3-6,11H,2H2,1H3. The Hall–Kier alpha value is -1.38. The molecule has 0 saturated heterocycles. The van der Waals surface area contributed by atoms with Crippen LogP contribution in [0.2, 0.25) is 0 Å². The highest BCUT2D eigenvalue weighted by molar-refractivity contribution is 5.76. The van der Waals surface area contributed by atoms with Gasteiger partial charge in [0.1, 0.15) is 0 Å². The minimum Gasteiger partial charge on any atom is -0.411 e. The lowest BCUT2D eigenvalue weighted by Crippen LogP contribution is -1.89. The molecular weight excluding hydrogens is 140 g/mol. The van der Waals surface area contributed by atoms with Crippen LogP contribution in [0.25, 0.3) is 0 Å². The maximum atomic E-state index is 8.21. The molecule has 0 fully saturated rings. The molecule has 58 valence electrons. The highest BCUT2D eigenvalue weighted by Gasteiger charge is 1.91. The van der Waals surface area contributed by atoms with Crippen molar-refractivity contribution in [2.45, 2.75) is 13.3 Å². The van der Waals surface area contributed by atoms with Gasteiger partial charge in [-0.15, -0.1) is 0 Å². The van der Waals surface area contributed by atoms with Gasteiger partial charge in [-0.1, -0.05) is 12.1 Å². The molecule has 3 nitrogen and oxygen atoms in total. The predicted octanol–water partition coefficient (Wildman–Crippen LogP) is 1.45. The van der Waals surface area contributed by atoms with Gasteiger partial charge in [0.25, 0.3) is 0 Å². The Morgan fingerprint density at radius 3 is 3.18 bits per heavy atom. The fraction of sp³-hybridized carbons (Fsp3) is 0.250. The lowest BCUT2D eigenvalue weighted by molar-refractivity contribution is 0.321. The van der Waals surface area contributed by atoms with E-state index < -0.39 is 0 Å². The molecule has 1 N–H and O–H groups in total. The van der Waals surface area contributed by atoms with Gasteiger partial charge in [0, 0.05) is 6.20 Å². The average Bonchev–Trinajstić information content (AvgIpc) is 2.06. The molecule has 0 atom stereocenters. The van der Waals surface area contributed by atoms with Crippen molar-refractivity contribution in [1.29, 1.82) is 0 Å². The molecule has 0 unspecified atom stereocenters. The molecule has 0 aromatic carbocycles. The molecule has 1 aromatic rings. The molecule has 1 heterocycles. The number of rotatable bonds is 2. The molecule has 11 heavy (non-hydrogen) atoms. The Balaban J connectivity index is 2.91. The smallest absolute Gasteiger partial charge is 0.0918 e. The van der Waals surface area contributed by atoms with Crippen LogP contribution < -0.4 is 0 Å². The Bertz CT molecular complexity index is 258. The molecule has 0 bridgehead atoms. The van der Waals surface area contributed by atoms with Gasteiger partial charge in [-0.05, 0) is 24.1 Å². The molecular formula is C8H10N2O. The van der Waals surface area contributed by atoms with Gasteiger partial charge in [0.2, 0.25) is 0 Å². The summed E-state index contributed by atoms with van der Waals surface area (Å²) in [6, 6.07) is 3.83. The van der Waals surface area contributed by atoms with Gasteiger partial charge in [0.05, 0.1) is 11.9 Å². The SMILES string of the molecule is CCc1ccnc(C=NO)c1. The van der Waals surface area contributed by atoms with Crippen molar-refractivity contribution in [2.75, 3.05) is 0 Å². The van der Waals surface area contributed by atoms with Crippen LogP contribution in [-0.4, -0.2) is 16.4 Å². The fourth-order valence-corrected chi connectivity index (χ4v) is 0.844. The van der Waals surface area contributed by atoms with Crippen molar-refractivity contribution in [1.82, 2.24) is 4.98 Å². The van der Waals surface area contributed by atoms with Crippen molar-refractivity contribution < 1.29 is 5.21 Å². The van der Waals surface area contributed by atoms with E-state index in [0.717, 1.165) is 6.42 Å². The Morgan fingerprint density at radius 1 is 1.73 bits per heavy atom. The van der Waals surface area contributed by atoms with Crippen LogP contribution in [0.15, 0.2) is 23.5 Å². The second-order valence-corrected chi connectivity index (χ2v) is 2.19. The fourth-order valence-electron chi connectivity index (χ4n) is 0.844. The lowest BCUT2D eigenvalue weighted by Gasteiger charge is -1.95. The third-order valence-electron chi connectivity index (χ3n) is 1.44. The van der Waals surface area contributed by atoms with Crippen LogP contribution in [0.5, 0.6) is 0 Å². The van der Waals surface area contributed by atoms with Gasteiger partial charge in [-0.25, -0.2) is 0 Å². The predicted molar refractivity (Wildman–Crippen MR) is 43.0 cm³/mol. The molecule has 3 heteroatoms. The van der Waals surface area contributed by atoms with Gasteiger partial charge < -0.3 is 5.21 Å². The van der Waals surface area contributed by atoms with E-state index in [9.17, 15) is 0 Å². The summed E-state index contributed by atoms with van der Waals surface area (Å²) >= 11 is 0. The van der Waals surface area contributed by atoms with Crippen molar-refractivity contribution in [3.63, 3.8) is 0 Å². The summed E-state index contributed by atoms with van der Waals surface area (Å²) in [6.45, 7) is 2.06. The van der Waals surface area contributed by atoms with Crippen LogP contribution in [0, 0.1) is 0 Å². The van der Waals surface area contributed by atoms with Crippen LogP contribution >= 0.6 is 0 Å². The number of hydrogen-bond donors (Lipinski definition) is 1. The second kappa shape index (κ2) is 3.71. The van der Waals surface area contributed by atoms with Crippen LogP contribution in [0.3, 0.4) is 0 Å². The van der Waals surface area contributed by atoms with Crippen LogP contribution in [-0.2, 0) is 6.42 Å². The molecule has 0 saturated carbocycles. The van der Waals surface area contributed by atoms with Crippen molar-refractivity contribution in [2.24, 2.45) is 5.16 Å². The quantitative estimate of drug-likeness (QED) is 0.394. The highest BCUT2D eigenvalue weighted by Crippen LogP contribution is 1.99. The normalized spacial score (nSPS) is 10.6. The first kappa shape index (κ1) is 7.72. The van der Waals surface area contributed by atoms with E-state index in [1.165, 1.54) is 11.8 Å². The van der Waals surface area contributed by atoms with Crippen molar-refractivity contribution >= 4 is 6.21 Å². The molecule has 0 aliphatic carbocycles. The van der Waals surface area contributed by atoms with E-state index in [2.05, 4.69) is 17.1 Å². The first-order valence-corrected chi connectivity index (χ1v) is 3.49. The number of nitrogens with zero attached hydrogens (tertiary/aromatic N) is 2. The summed E-state index contributed by atoms with van der Waals surface area (Å²) in [5, 5.41) is 11.1. The van der Waals surface area contributed by atoms with Gasteiger partial charge in [-0.2, -0.15) is 0 Å². The topological polar surface area (TPSA) is 45.5 Å². The zero-order chi connectivity index (χ0) is 8.10. The van der Waals surface area contributed by atoms with E-state index in [1.807, 2.05) is 12.1 Å². The number of pyridine rings is 1. The lowest BCUT2D eigenvalue weighted by atomic mass is 10.2. The Kier molecular flexibility index (Phi) is 2.60. The van der Waals surface area contributed by atoms with E-state index in [4.69, 9.17) is 5.21 Å². The maximum Gasteiger partial charge on any atom is 0.0918 e. The third-order valence-corrected chi connectivity index (χ3v) is 1.44. The number of aryl methyl sites for hydroxylation is 1. The van der Waals surface area contributed by atoms with Gasteiger partial charge >= 0.3 is 0 Å². The monoisotopic (exact) mass is 150 g/mol. The molecule has 1 aromatic heterocycles. The van der Waals surface area contributed by atoms with Gasteiger partial charge in [0.15, 0.2) is 0 Å². The largest absolute Gasteiger partial charge is 0.411 e. The zero-order valence-electron chi connectivity index (χ0n) is 6.36. The van der Waals surface area contributed by atoms with Crippen LogP contribution in [0.4, 0.5) is 0 Å². The Labute approximate surface area is 65.4 Å². The third kappa shape index (κ3) is 2.04. The summed E-state index contributed by atoms with van der Waals surface area (Å²) in [7, 11) is 0.